The Balaban J connectivity index is 1.63. The molecule has 2 heterocycles. The fourth-order valence-electron chi connectivity index (χ4n) is 2.37. The van der Waals surface area contributed by atoms with Crippen molar-refractivity contribution in [3.8, 4) is 5.75 Å². The average Bonchev–Trinajstić information content (AvgIpc) is 3.06. The molecule has 0 radical (unpaired) electrons. The van der Waals surface area contributed by atoms with Gasteiger partial charge in [0.25, 0.3) is 5.91 Å². The van der Waals surface area contributed by atoms with Crippen molar-refractivity contribution < 1.29 is 9.53 Å². The highest BCUT2D eigenvalue weighted by atomic mass is 32.1. The van der Waals surface area contributed by atoms with E-state index in [0.29, 0.717) is 17.9 Å². The van der Waals surface area contributed by atoms with E-state index in [0.717, 1.165) is 16.3 Å². The van der Waals surface area contributed by atoms with E-state index in [9.17, 15) is 4.79 Å². The second-order valence-corrected chi connectivity index (χ2v) is 6.71. The molecule has 0 bridgehead atoms. The van der Waals surface area contributed by atoms with Crippen molar-refractivity contribution >= 4 is 17.2 Å². The molecular formula is C19H19N3O2S. The van der Waals surface area contributed by atoms with Crippen molar-refractivity contribution in [2.24, 2.45) is 0 Å². The molecule has 25 heavy (non-hydrogen) atoms. The number of ether oxygens (including phenoxy) is 1. The topological polar surface area (TPSA) is 64.1 Å². The molecule has 128 valence electrons. The number of carbonyl (C=O) groups is 1. The SMILES string of the molecule is Cc1nc(COc2cccc(C(=O)NC(C)c3ccncc3)c2)cs1. The Labute approximate surface area is 150 Å². The maximum Gasteiger partial charge on any atom is 0.251 e. The Kier molecular flexibility index (Phi) is 5.40. The number of thiazole rings is 1. The number of benzene rings is 1. The standard InChI is InChI=1S/C19H19N3O2S/c1-13(15-6-8-20-9-7-15)21-19(23)16-4-3-5-18(10-16)24-11-17-12-25-14(2)22-17/h3-10,12-13H,11H2,1-2H3,(H,21,23). The predicted octanol–water partition coefficient (Wildman–Crippen LogP) is 3.92. The molecule has 1 aromatic carbocycles. The third-order valence-electron chi connectivity index (χ3n) is 3.70. The van der Waals surface area contributed by atoms with Crippen LogP contribution in [0.4, 0.5) is 0 Å². The van der Waals surface area contributed by atoms with E-state index in [1.807, 2.05) is 43.5 Å². The van der Waals surface area contributed by atoms with Crippen molar-refractivity contribution in [2.45, 2.75) is 26.5 Å². The number of amides is 1. The summed E-state index contributed by atoms with van der Waals surface area (Å²) in [4.78, 5) is 20.8. The van der Waals surface area contributed by atoms with Gasteiger partial charge in [-0.25, -0.2) is 4.98 Å². The van der Waals surface area contributed by atoms with Gasteiger partial charge in [-0.05, 0) is 49.7 Å². The molecule has 0 aliphatic rings. The van der Waals surface area contributed by atoms with E-state index in [-0.39, 0.29) is 11.9 Å². The first kappa shape index (κ1) is 17.1. The summed E-state index contributed by atoms with van der Waals surface area (Å²) in [6.07, 6.45) is 3.43. The van der Waals surface area contributed by atoms with Gasteiger partial charge in [0.2, 0.25) is 0 Å². The zero-order valence-corrected chi connectivity index (χ0v) is 14.9. The minimum atomic E-state index is -0.140. The highest BCUT2D eigenvalue weighted by Gasteiger charge is 2.12. The van der Waals surface area contributed by atoms with Gasteiger partial charge < -0.3 is 10.1 Å². The van der Waals surface area contributed by atoms with E-state index < -0.39 is 0 Å². The fraction of sp³-hybridized carbons (Fsp3) is 0.211. The van der Waals surface area contributed by atoms with Crippen molar-refractivity contribution in [3.63, 3.8) is 0 Å². The number of pyridine rings is 1. The van der Waals surface area contributed by atoms with Gasteiger partial charge in [-0.2, -0.15) is 0 Å². The summed E-state index contributed by atoms with van der Waals surface area (Å²) >= 11 is 1.59. The normalized spacial score (nSPS) is 11.8. The lowest BCUT2D eigenvalue weighted by atomic mass is 10.1. The number of aryl methyl sites for hydroxylation is 1. The Morgan fingerprint density at radius 3 is 2.80 bits per heavy atom. The molecule has 0 aliphatic heterocycles. The molecular weight excluding hydrogens is 334 g/mol. The number of hydrogen-bond donors (Lipinski definition) is 1. The summed E-state index contributed by atoms with van der Waals surface area (Å²) in [5.41, 5.74) is 2.46. The number of rotatable bonds is 6. The summed E-state index contributed by atoms with van der Waals surface area (Å²) in [5.74, 6) is 0.508. The van der Waals surface area contributed by atoms with Crippen molar-refractivity contribution in [3.05, 3.63) is 76.0 Å². The minimum absolute atomic E-state index is 0.0990. The number of carbonyl (C=O) groups excluding carboxylic acids is 1. The Bertz CT molecular complexity index is 849. The highest BCUT2D eigenvalue weighted by molar-refractivity contribution is 7.09. The summed E-state index contributed by atoms with van der Waals surface area (Å²) in [7, 11) is 0. The minimum Gasteiger partial charge on any atom is -0.487 e. The van der Waals surface area contributed by atoms with Crippen LogP contribution >= 0.6 is 11.3 Å². The molecule has 0 spiro atoms. The van der Waals surface area contributed by atoms with Crippen LogP contribution in [0.25, 0.3) is 0 Å². The van der Waals surface area contributed by atoms with Crippen LogP contribution in [0.1, 0.15) is 39.6 Å². The first-order valence-electron chi connectivity index (χ1n) is 7.96. The molecule has 1 atom stereocenters. The Hall–Kier alpha value is -2.73. The largest absolute Gasteiger partial charge is 0.487 e. The molecule has 2 aromatic heterocycles. The molecule has 0 saturated heterocycles. The van der Waals surface area contributed by atoms with Gasteiger partial charge >= 0.3 is 0 Å². The van der Waals surface area contributed by atoms with Crippen molar-refractivity contribution in [2.75, 3.05) is 0 Å². The van der Waals surface area contributed by atoms with E-state index >= 15 is 0 Å². The van der Waals surface area contributed by atoms with Gasteiger partial charge in [-0.3, -0.25) is 9.78 Å². The van der Waals surface area contributed by atoms with Gasteiger partial charge in [-0.1, -0.05) is 6.07 Å². The number of hydrogen-bond acceptors (Lipinski definition) is 5. The van der Waals surface area contributed by atoms with Crippen molar-refractivity contribution in [1.29, 1.82) is 0 Å². The molecule has 0 saturated carbocycles. The lowest BCUT2D eigenvalue weighted by molar-refractivity contribution is 0.0939. The summed E-state index contributed by atoms with van der Waals surface area (Å²) < 4.78 is 5.74. The molecule has 1 unspecified atom stereocenters. The highest BCUT2D eigenvalue weighted by Crippen LogP contribution is 2.18. The molecule has 3 aromatic rings. The fourth-order valence-corrected chi connectivity index (χ4v) is 2.97. The van der Waals surface area contributed by atoms with E-state index in [2.05, 4.69) is 15.3 Å². The molecule has 1 N–H and O–H groups in total. The summed E-state index contributed by atoms with van der Waals surface area (Å²) in [6.45, 7) is 4.30. The number of aromatic nitrogens is 2. The summed E-state index contributed by atoms with van der Waals surface area (Å²) in [6, 6.07) is 10.8. The molecule has 1 amide bonds. The molecule has 6 heteroatoms. The van der Waals surface area contributed by atoms with Crippen LogP contribution in [0, 0.1) is 6.92 Å². The second kappa shape index (κ2) is 7.90. The monoisotopic (exact) mass is 353 g/mol. The molecule has 5 nitrogen and oxygen atoms in total. The van der Waals surface area contributed by atoms with Gasteiger partial charge in [0.15, 0.2) is 0 Å². The Morgan fingerprint density at radius 2 is 2.08 bits per heavy atom. The van der Waals surface area contributed by atoms with Crippen LogP contribution in [-0.2, 0) is 6.61 Å². The number of nitrogens with zero attached hydrogens (tertiary/aromatic N) is 2. The van der Waals surface area contributed by atoms with Crippen molar-refractivity contribution in [1.82, 2.24) is 15.3 Å². The zero-order valence-electron chi connectivity index (χ0n) is 14.1. The van der Waals surface area contributed by atoms with Crippen LogP contribution < -0.4 is 10.1 Å². The van der Waals surface area contributed by atoms with Gasteiger partial charge in [0.05, 0.1) is 16.7 Å². The second-order valence-electron chi connectivity index (χ2n) is 5.65. The maximum atomic E-state index is 12.5. The number of nitrogens with one attached hydrogen (secondary N) is 1. The zero-order chi connectivity index (χ0) is 17.6. The average molecular weight is 353 g/mol. The van der Waals surface area contributed by atoms with E-state index in [1.54, 1.807) is 35.9 Å². The third-order valence-corrected chi connectivity index (χ3v) is 4.53. The Morgan fingerprint density at radius 1 is 1.28 bits per heavy atom. The smallest absolute Gasteiger partial charge is 0.251 e. The van der Waals surface area contributed by atoms with Gasteiger partial charge in [0, 0.05) is 23.3 Å². The summed E-state index contributed by atoms with van der Waals surface area (Å²) in [5, 5.41) is 5.97. The lowest BCUT2D eigenvalue weighted by Gasteiger charge is -2.14. The van der Waals surface area contributed by atoms with Crippen LogP contribution in [0.5, 0.6) is 5.75 Å². The van der Waals surface area contributed by atoms with Crippen LogP contribution in [0.2, 0.25) is 0 Å². The van der Waals surface area contributed by atoms with E-state index in [4.69, 9.17) is 4.74 Å². The van der Waals surface area contributed by atoms with Gasteiger partial charge in [-0.15, -0.1) is 11.3 Å². The lowest BCUT2D eigenvalue weighted by Crippen LogP contribution is -2.26. The first-order chi connectivity index (χ1) is 12.1. The molecule has 0 fully saturated rings. The van der Waals surface area contributed by atoms with Crippen LogP contribution in [0.3, 0.4) is 0 Å². The van der Waals surface area contributed by atoms with Crippen LogP contribution in [0.15, 0.2) is 54.2 Å². The quantitative estimate of drug-likeness (QED) is 0.729. The predicted molar refractivity (Wildman–Crippen MR) is 97.7 cm³/mol. The van der Waals surface area contributed by atoms with E-state index in [1.165, 1.54) is 0 Å². The van der Waals surface area contributed by atoms with Gasteiger partial charge in [0.1, 0.15) is 12.4 Å². The maximum absolute atomic E-state index is 12.5. The third kappa shape index (κ3) is 4.64. The molecule has 0 aliphatic carbocycles. The van der Waals surface area contributed by atoms with Crippen LogP contribution in [-0.4, -0.2) is 15.9 Å². The molecule has 3 rings (SSSR count). The first-order valence-corrected chi connectivity index (χ1v) is 8.84.